The number of nitrogens with one attached hydrogen (secondary N) is 1. The molecule has 0 saturated carbocycles. The molecule has 1 unspecified atom stereocenters. The van der Waals surface area contributed by atoms with Crippen molar-refractivity contribution in [3.63, 3.8) is 0 Å². The minimum Gasteiger partial charge on any atom is -0.492 e. The summed E-state index contributed by atoms with van der Waals surface area (Å²) in [6, 6.07) is 14.8. The lowest BCUT2D eigenvalue weighted by Gasteiger charge is -2.29. The van der Waals surface area contributed by atoms with E-state index in [4.69, 9.17) is 16.3 Å². The fraction of sp³-hybridized carbons (Fsp3) is 0.364. The zero-order chi connectivity index (χ0) is 20.2. The van der Waals surface area contributed by atoms with Crippen molar-refractivity contribution < 1.29 is 14.3 Å². The SMILES string of the molecule is O=C(Nc1cccc(Cl)c1)N1CCCN(C(=O)C2COc3ccccc3C2)CC1. The lowest BCUT2D eigenvalue weighted by atomic mass is 9.95. The van der Waals surface area contributed by atoms with Gasteiger partial charge in [-0.15, -0.1) is 0 Å². The first-order valence-corrected chi connectivity index (χ1v) is 10.3. The van der Waals surface area contributed by atoms with E-state index in [1.807, 2.05) is 29.2 Å². The number of halogens is 1. The van der Waals surface area contributed by atoms with Gasteiger partial charge in [-0.2, -0.15) is 0 Å². The van der Waals surface area contributed by atoms with Crippen LogP contribution in [0.5, 0.6) is 5.75 Å². The number of benzene rings is 2. The molecule has 2 aliphatic rings. The van der Waals surface area contributed by atoms with Crippen LogP contribution in [-0.2, 0) is 11.2 Å². The molecule has 0 bridgehead atoms. The Balaban J connectivity index is 1.34. The summed E-state index contributed by atoms with van der Waals surface area (Å²) in [6.07, 6.45) is 1.45. The average Bonchev–Trinajstić information content (AvgIpc) is 2.99. The fourth-order valence-corrected chi connectivity index (χ4v) is 4.04. The van der Waals surface area contributed by atoms with Crippen molar-refractivity contribution in [3.8, 4) is 5.75 Å². The van der Waals surface area contributed by atoms with E-state index in [9.17, 15) is 9.59 Å². The van der Waals surface area contributed by atoms with Crippen molar-refractivity contribution in [3.05, 3.63) is 59.1 Å². The maximum Gasteiger partial charge on any atom is 0.321 e. The van der Waals surface area contributed by atoms with E-state index in [1.165, 1.54) is 0 Å². The third kappa shape index (κ3) is 4.65. The van der Waals surface area contributed by atoms with E-state index in [1.54, 1.807) is 29.2 Å². The molecule has 1 saturated heterocycles. The largest absolute Gasteiger partial charge is 0.492 e. The Bertz CT molecular complexity index is 904. The minimum absolute atomic E-state index is 0.108. The van der Waals surface area contributed by atoms with Gasteiger partial charge in [0.15, 0.2) is 0 Å². The quantitative estimate of drug-likeness (QED) is 0.817. The number of urea groups is 1. The molecular weight excluding hydrogens is 390 g/mol. The van der Waals surface area contributed by atoms with Gasteiger partial charge in [0.25, 0.3) is 0 Å². The molecule has 1 N–H and O–H groups in total. The Kier molecular flexibility index (Phi) is 5.90. The van der Waals surface area contributed by atoms with Crippen LogP contribution in [0.1, 0.15) is 12.0 Å². The summed E-state index contributed by atoms with van der Waals surface area (Å²) in [5.41, 5.74) is 1.74. The lowest BCUT2D eigenvalue weighted by molar-refractivity contribution is -0.136. The highest BCUT2D eigenvalue weighted by atomic mass is 35.5. The van der Waals surface area contributed by atoms with Crippen LogP contribution in [0.25, 0.3) is 0 Å². The van der Waals surface area contributed by atoms with E-state index >= 15 is 0 Å². The summed E-state index contributed by atoms with van der Waals surface area (Å²) in [5, 5.41) is 3.45. The molecule has 0 radical (unpaired) electrons. The molecule has 7 heteroatoms. The van der Waals surface area contributed by atoms with E-state index < -0.39 is 0 Å². The predicted octanol–water partition coefficient (Wildman–Crippen LogP) is 3.66. The van der Waals surface area contributed by atoms with Gasteiger partial charge < -0.3 is 19.9 Å². The van der Waals surface area contributed by atoms with Crippen LogP contribution in [0.2, 0.25) is 5.02 Å². The normalized spacial score (nSPS) is 19.0. The van der Waals surface area contributed by atoms with Crippen molar-refractivity contribution >= 4 is 29.2 Å². The number of para-hydroxylation sites is 1. The number of hydrogen-bond donors (Lipinski definition) is 1. The molecule has 2 heterocycles. The second-order valence-corrected chi connectivity index (χ2v) is 7.86. The summed E-state index contributed by atoms with van der Waals surface area (Å²) in [5.74, 6) is 0.810. The zero-order valence-corrected chi connectivity index (χ0v) is 16.9. The molecule has 152 valence electrons. The van der Waals surface area contributed by atoms with Crippen LogP contribution in [0, 0.1) is 5.92 Å². The maximum atomic E-state index is 13.0. The number of anilines is 1. The molecule has 4 rings (SSSR count). The van der Waals surface area contributed by atoms with E-state index in [0.717, 1.165) is 17.7 Å². The molecule has 2 aromatic rings. The monoisotopic (exact) mass is 413 g/mol. The van der Waals surface area contributed by atoms with Gasteiger partial charge in [0, 0.05) is 36.9 Å². The number of hydrogen-bond acceptors (Lipinski definition) is 3. The topological polar surface area (TPSA) is 61.9 Å². The molecule has 2 aliphatic heterocycles. The highest BCUT2D eigenvalue weighted by Gasteiger charge is 2.31. The van der Waals surface area contributed by atoms with Gasteiger partial charge in [-0.3, -0.25) is 4.79 Å². The van der Waals surface area contributed by atoms with Crippen LogP contribution in [0.15, 0.2) is 48.5 Å². The first-order valence-electron chi connectivity index (χ1n) is 9.91. The maximum absolute atomic E-state index is 13.0. The van der Waals surface area contributed by atoms with Crippen molar-refractivity contribution in [2.45, 2.75) is 12.8 Å². The summed E-state index contributed by atoms with van der Waals surface area (Å²) in [6.45, 7) is 2.70. The first kappa shape index (κ1) is 19.6. The Morgan fingerprint density at radius 2 is 1.79 bits per heavy atom. The van der Waals surface area contributed by atoms with Crippen molar-refractivity contribution in [2.24, 2.45) is 5.92 Å². The predicted molar refractivity (Wildman–Crippen MR) is 112 cm³/mol. The average molecular weight is 414 g/mol. The van der Waals surface area contributed by atoms with Gasteiger partial charge in [0.1, 0.15) is 12.4 Å². The van der Waals surface area contributed by atoms with E-state index in [-0.39, 0.29) is 17.9 Å². The number of carbonyl (C=O) groups is 2. The molecule has 6 nitrogen and oxygen atoms in total. The van der Waals surface area contributed by atoms with Gasteiger partial charge in [-0.1, -0.05) is 35.9 Å². The molecule has 3 amide bonds. The number of fused-ring (bicyclic) bond motifs is 1. The highest BCUT2D eigenvalue weighted by Crippen LogP contribution is 2.28. The van der Waals surface area contributed by atoms with Gasteiger partial charge in [0.2, 0.25) is 5.91 Å². The summed E-state index contributed by atoms with van der Waals surface area (Å²) >= 11 is 5.98. The van der Waals surface area contributed by atoms with Gasteiger partial charge >= 0.3 is 6.03 Å². The molecule has 0 aromatic heterocycles. The smallest absolute Gasteiger partial charge is 0.321 e. The van der Waals surface area contributed by atoms with Crippen LogP contribution in [0.4, 0.5) is 10.5 Å². The Morgan fingerprint density at radius 3 is 2.66 bits per heavy atom. The second kappa shape index (κ2) is 8.74. The number of rotatable bonds is 2. The van der Waals surface area contributed by atoms with Crippen molar-refractivity contribution in [1.82, 2.24) is 9.80 Å². The van der Waals surface area contributed by atoms with Crippen LogP contribution in [0.3, 0.4) is 0 Å². The summed E-state index contributed by atoms with van der Waals surface area (Å²) < 4.78 is 5.78. The van der Waals surface area contributed by atoms with Crippen molar-refractivity contribution in [2.75, 3.05) is 38.1 Å². The summed E-state index contributed by atoms with van der Waals surface area (Å²) in [7, 11) is 0. The number of amides is 3. The first-order chi connectivity index (χ1) is 14.1. The lowest BCUT2D eigenvalue weighted by Crippen LogP contribution is -2.43. The van der Waals surface area contributed by atoms with Crippen molar-refractivity contribution in [1.29, 1.82) is 0 Å². The van der Waals surface area contributed by atoms with Crippen LogP contribution < -0.4 is 10.1 Å². The fourth-order valence-electron chi connectivity index (χ4n) is 3.85. The second-order valence-electron chi connectivity index (χ2n) is 7.43. The third-order valence-electron chi connectivity index (χ3n) is 5.40. The van der Waals surface area contributed by atoms with Crippen LogP contribution >= 0.6 is 11.6 Å². The molecular formula is C22H24ClN3O3. The molecule has 2 aromatic carbocycles. The molecule has 29 heavy (non-hydrogen) atoms. The zero-order valence-electron chi connectivity index (χ0n) is 16.1. The van der Waals surface area contributed by atoms with Gasteiger partial charge in [-0.25, -0.2) is 4.79 Å². The van der Waals surface area contributed by atoms with Crippen LogP contribution in [-0.4, -0.2) is 54.5 Å². The number of carbonyl (C=O) groups excluding carboxylic acids is 2. The van der Waals surface area contributed by atoms with Gasteiger partial charge in [-0.05, 0) is 42.7 Å². The van der Waals surface area contributed by atoms with Gasteiger partial charge in [0.05, 0.1) is 5.92 Å². The molecule has 0 spiro atoms. The minimum atomic E-state index is -0.170. The van der Waals surface area contributed by atoms with E-state index in [2.05, 4.69) is 5.32 Å². The number of nitrogens with zero attached hydrogens (tertiary/aromatic N) is 2. The number of ether oxygens (including phenoxy) is 1. The molecule has 1 fully saturated rings. The Hall–Kier alpha value is -2.73. The third-order valence-corrected chi connectivity index (χ3v) is 5.63. The Labute approximate surface area is 175 Å². The Morgan fingerprint density at radius 1 is 1.00 bits per heavy atom. The summed E-state index contributed by atoms with van der Waals surface area (Å²) in [4.78, 5) is 29.2. The standard InChI is InChI=1S/C22H24ClN3O3/c23-18-6-3-7-19(14-18)24-22(28)26-10-4-9-25(11-12-26)21(27)17-13-16-5-1-2-8-20(16)29-15-17/h1-3,5-8,14,17H,4,9-13,15H2,(H,24,28). The van der Waals surface area contributed by atoms with E-state index in [0.29, 0.717) is 49.9 Å². The molecule has 0 aliphatic carbocycles. The highest BCUT2D eigenvalue weighted by molar-refractivity contribution is 6.30. The molecule has 1 atom stereocenters.